The fraction of sp³-hybridized carbons (Fsp3) is 0.542. The van der Waals surface area contributed by atoms with Crippen LogP contribution in [0.4, 0.5) is 5.69 Å². The maximum atomic E-state index is 13.1. The van der Waals surface area contributed by atoms with Crippen LogP contribution in [0, 0.1) is 0 Å². The van der Waals surface area contributed by atoms with E-state index >= 15 is 0 Å². The van der Waals surface area contributed by atoms with Gasteiger partial charge in [-0.2, -0.15) is 4.31 Å². The molecule has 2 aromatic rings. The molecule has 9 nitrogen and oxygen atoms in total. The summed E-state index contributed by atoms with van der Waals surface area (Å²) in [7, 11) is -1.68. The van der Waals surface area contributed by atoms with E-state index in [1.807, 2.05) is 33.2 Å². The van der Waals surface area contributed by atoms with Crippen molar-refractivity contribution in [2.24, 2.45) is 7.05 Å². The molecule has 0 saturated carbocycles. The van der Waals surface area contributed by atoms with Gasteiger partial charge in [-0.05, 0) is 63.6 Å². The lowest BCUT2D eigenvalue weighted by Gasteiger charge is -2.27. The number of amides is 1. The maximum absolute atomic E-state index is 13.1. The van der Waals surface area contributed by atoms with Crippen molar-refractivity contribution in [1.29, 1.82) is 0 Å². The summed E-state index contributed by atoms with van der Waals surface area (Å²) in [4.78, 5) is 15.4. The van der Waals surface area contributed by atoms with Gasteiger partial charge in [-0.15, -0.1) is 0 Å². The minimum atomic E-state index is -3.70. The molecule has 0 bridgehead atoms. The predicted octanol–water partition coefficient (Wildman–Crippen LogP) is 2.61. The first-order valence-corrected chi connectivity index (χ1v) is 13.2. The zero-order valence-electron chi connectivity index (χ0n) is 20.1. The van der Waals surface area contributed by atoms with Crippen LogP contribution in [0.2, 0.25) is 0 Å². The molecule has 1 amide bonds. The Balaban J connectivity index is 1.53. The average Bonchev–Trinajstić information content (AvgIpc) is 3.43. The van der Waals surface area contributed by atoms with Gasteiger partial charge in [0.2, 0.25) is 15.9 Å². The van der Waals surface area contributed by atoms with Gasteiger partial charge in [0, 0.05) is 32.0 Å². The Labute approximate surface area is 201 Å². The van der Waals surface area contributed by atoms with Crippen LogP contribution in [0.1, 0.15) is 38.4 Å². The van der Waals surface area contributed by atoms with E-state index in [2.05, 4.69) is 20.9 Å². The molecule has 2 fully saturated rings. The van der Waals surface area contributed by atoms with Crippen molar-refractivity contribution in [3.8, 4) is 5.75 Å². The number of aryl methyl sites for hydroxylation is 1. The highest BCUT2D eigenvalue weighted by Gasteiger charge is 2.30. The third kappa shape index (κ3) is 5.46. The van der Waals surface area contributed by atoms with Crippen LogP contribution in [0.15, 0.2) is 41.4 Å². The molecule has 2 aliphatic rings. The highest BCUT2D eigenvalue weighted by Crippen LogP contribution is 2.33. The number of ether oxygens (including phenoxy) is 2. The Morgan fingerprint density at radius 2 is 1.97 bits per heavy atom. The predicted molar refractivity (Wildman–Crippen MR) is 129 cm³/mol. The van der Waals surface area contributed by atoms with Crippen LogP contribution in [0.25, 0.3) is 0 Å². The molecule has 2 aliphatic heterocycles. The molecule has 1 aromatic heterocycles. The number of hydrogen-bond acceptors (Lipinski definition) is 6. The summed E-state index contributed by atoms with van der Waals surface area (Å²) in [6, 6.07) is 8.94. The number of aromatic nitrogens is 1. The van der Waals surface area contributed by atoms with Crippen LogP contribution in [0.5, 0.6) is 5.75 Å². The molecule has 186 valence electrons. The SMILES string of the molecule is CC(C)Oc1ccc(S(=O)(=O)N2CCOCC2)cc1NC(=O)CN1CCC[C@H]1c1cccn1C. The van der Waals surface area contributed by atoms with Crippen molar-refractivity contribution in [3.63, 3.8) is 0 Å². The summed E-state index contributed by atoms with van der Waals surface area (Å²) in [5.41, 5.74) is 1.55. The molecule has 1 aromatic carbocycles. The number of morpholine rings is 1. The first kappa shape index (κ1) is 24.7. The third-order valence-corrected chi connectivity index (χ3v) is 8.13. The minimum absolute atomic E-state index is 0.127. The van der Waals surface area contributed by atoms with Gasteiger partial charge in [0.1, 0.15) is 5.75 Å². The van der Waals surface area contributed by atoms with Crippen molar-refractivity contribution in [2.75, 3.05) is 44.7 Å². The van der Waals surface area contributed by atoms with Crippen LogP contribution < -0.4 is 10.1 Å². The second kappa shape index (κ2) is 10.5. The molecule has 3 heterocycles. The van der Waals surface area contributed by atoms with Gasteiger partial charge in [0.05, 0.1) is 42.5 Å². The molecule has 0 spiro atoms. The Bertz CT molecular complexity index is 1110. The molecule has 34 heavy (non-hydrogen) atoms. The van der Waals surface area contributed by atoms with Crippen molar-refractivity contribution in [3.05, 3.63) is 42.2 Å². The number of nitrogens with zero attached hydrogens (tertiary/aromatic N) is 3. The zero-order valence-corrected chi connectivity index (χ0v) is 20.9. The molecule has 4 rings (SSSR count). The van der Waals surface area contributed by atoms with Crippen molar-refractivity contribution < 1.29 is 22.7 Å². The summed E-state index contributed by atoms with van der Waals surface area (Å²) in [6.45, 7) is 6.19. The van der Waals surface area contributed by atoms with Gasteiger partial charge in [-0.25, -0.2) is 8.42 Å². The Morgan fingerprint density at radius 3 is 2.65 bits per heavy atom. The fourth-order valence-electron chi connectivity index (χ4n) is 4.60. The van der Waals surface area contributed by atoms with Crippen molar-refractivity contribution >= 4 is 21.6 Å². The third-order valence-electron chi connectivity index (χ3n) is 6.23. The minimum Gasteiger partial charge on any atom is -0.489 e. The normalized spacial score (nSPS) is 20.1. The van der Waals surface area contributed by atoms with E-state index < -0.39 is 10.0 Å². The molecular weight excluding hydrogens is 456 g/mol. The highest BCUT2D eigenvalue weighted by molar-refractivity contribution is 7.89. The molecule has 0 radical (unpaired) electrons. The van der Waals surface area contributed by atoms with Gasteiger partial charge in [0.25, 0.3) is 0 Å². The van der Waals surface area contributed by atoms with E-state index in [0.29, 0.717) is 37.7 Å². The molecule has 0 unspecified atom stereocenters. The number of hydrogen-bond donors (Lipinski definition) is 1. The van der Waals surface area contributed by atoms with Crippen molar-refractivity contribution in [1.82, 2.24) is 13.8 Å². The average molecular weight is 491 g/mol. The van der Waals surface area contributed by atoms with Gasteiger partial charge >= 0.3 is 0 Å². The Morgan fingerprint density at radius 1 is 1.21 bits per heavy atom. The maximum Gasteiger partial charge on any atom is 0.243 e. The molecule has 2 saturated heterocycles. The smallest absolute Gasteiger partial charge is 0.243 e. The summed E-state index contributed by atoms with van der Waals surface area (Å²) in [5.74, 6) is 0.250. The van der Waals surface area contributed by atoms with Crippen LogP contribution in [-0.4, -0.2) is 73.6 Å². The van der Waals surface area contributed by atoms with Gasteiger partial charge in [-0.3, -0.25) is 9.69 Å². The molecule has 0 aliphatic carbocycles. The number of likely N-dealkylation sites (tertiary alicyclic amines) is 1. The number of carbonyl (C=O) groups is 1. The molecule has 10 heteroatoms. The lowest BCUT2D eigenvalue weighted by atomic mass is 10.1. The van der Waals surface area contributed by atoms with E-state index in [-0.39, 0.29) is 29.5 Å². The summed E-state index contributed by atoms with van der Waals surface area (Å²) >= 11 is 0. The van der Waals surface area contributed by atoms with Crippen LogP contribution >= 0.6 is 0 Å². The summed E-state index contributed by atoms with van der Waals surface area (Å²) < 4.78 is 41.0. The molecule has 1 atom stereocenters. The number of rotatable bonds is 8. The molecule has 1 N–H and O–H groups in total. The Hall–Kier alpha value is -2.40. The van der Waals surface area contributed by atoms with Crippen LogP contribution in [0.3, 0.4) is 0 Å². The van der Waals surface area contributed by atoms with E-state index in [1.165, 1.54) is 22.1 Å². The lowest BCUT2D eigenvalue weighted by Crippen LogP contribution is -2.40. The van der Waals surface area contributed by atoms with Crippen molar-refractivity contribution in [2.45, 2.75) is 43.7 Å². The van der Waals surface area contributed by atoms with E-state index in [1.54, 1.807) is 6.07 Å². The number of benzene rings is 1. The second-order valence-electron chi connectivity index (χ2n) is 9.06. The number of anilines is 1. The van der Waals surface area contributed by atoms with E-state index in [0.717, 1.165) is 19.4 Å². The summed E-state index contributed by atoms with van der Waals surface area (Å²) in [5, 5.41) is 2.92. The Kier molecular flexibility index (Phi) is 7.61. The zero-order chi connectivity index (χ0) is 24.3. The monoisotopic (exact) mass is 490 g/mol. The van der Waals surface area contributed by atoms with Crippen LogP contribution in [-0.2, 0) is 26.6 Å². The summed E-state index contributed by atoms with van der Waals surface area (Å²) in [6.07, 6.45) is 3.91. The largest absolute Gasteiger partial charge is 0.489 e. The highest BCUT2D eigenvalue weighted by atomic mass is 32.2. The fourth-order valence-corrected chi connectivity index (χ4v) is 6.04. The number of carbonyl (C=O) groups excluding carboxylic acids is 1. The van der Waals surface area contributed by atoms with Gasteiger partial charge in [0.15, 0.2) is 0 Å². The van der Waals surface area contributed by atoms with E-state index in [4.69, 9.17) is 9.47 Å². The first-order chi connectivity index (χ1) is 16.3. The second-order valence-corrected chi connectivity index (χ2v) is 11.0. The topological polar surface area (TPSA) is 93.1 Å². The van der Waals surface area contributed by atoms with Gasteiger partial charge < -0.3 is 19.4 Å². The first-order valence-electron chi connectivity index (χ1n) is 11.8. The quantitative estimate of drug-likeness (QED) is 0.612. The molecular formula is C24H34N4O5S. The number of nitrogens with one attached hydrogen (secondary N) is 1. The van der Waals surface area contributed by atoms with E-state index in [9.17, 15) is 13.2 Å². The number of sulfonamides is 1. The van der Waals surface area contributed by atoms with Gasteiger partial charge in [-0.1, -0.05) is 0 Å². The standard InChI is InChI=1S/C24H34N4O5S/c1-18(2)33-23-9-8-19(34(30,31)28-12-14-32-15-13-28)16-20(23)25-24(29)17-27-11-5-7-22(27)21-6-4-10-26(21)3/h4,6,8-10,16,18,22H,5,7,11-15,17H2,1-3H3,(H,25,29)/t22-/m0/s1. The lowest BCUT2D eigenvalue weighted by molar-refractivity contribution is -0.117.